The molecule has 0 unspecified atom stereocenters. The summed E-state index contributed by atoms with van der Waals surface area (Å²) in [4.78, 5) is 2.49. The average molecular weight is 224 g/mol. The summed E-state index contributed by atoms with van der Waals surface area (Å²) < 4.78 is 7.35. The lowest BCUT2D eigenvalue weighted by atomic mass is 10.2. The molecule has 2 rings (SSSR count). The van der Waals surface area contributed by atoms with Crippen molar-refractivity contribution in [3.8, 4) is 0 Å². The number of hydrogen-bond donors (Lipinski definition) is 0. The summed E-state index contributed by atoms with van der Waals surface area (Å²) in [5.41, 5.74) is 0. The SMILES string of the molecule is c1nncn1CCCCCN1CCOCC1. The van der Waals surface area contributed by atoms with Crippen LogP contribution in [0.25, 0.3) is 0 Å². The van der Waals surface area contributed by atoms with Crippen molar-refractivity contribution >= 4 is 0 Å². The molecule has 1 aliphatic heterocycles. The highest BCUT2D eigenvalue weighted by molar-refractivity contribution is 4.63. The minimum absolute atomic E-state index is 0.903. The van der Waals surface area contributed by atoms with Gasteiger partial charge in [0.1, 0.15) is 12.7 Å². The van der Waals surface area contributed by atoms with Crippen LogP contribution < -0.4 is 0 Å². The molecular weight excluding hydrogens is 204 g/mol. The molecule has 1 aromatic rings. The van der Waals surface area contributed by atoms with Crippen LogP contribution in [0, 0.1) is 0 Å². The van der Waals surface area contributed by atoms with Gasteiger partial charge in [0.25, 0.3) is 0 Å². The molecule has 0 atom stereocenters. The second-order valence-electron chi connectivity index (χ2n) is 4.21. The van der Waals surface area contributed by atoms with E-state index in [0.29, 0.717) is 0 Å². The first kappa shape index (κ1) is 11.5. The van der Waals surface area contributed by atoms with E-state index in [1.54, 1.807) is 12.7 Å². The molecule has 5 heteroatoms. The van der Waals surface area contributed by atoms with Gasteiger partial charge in [0.15, 0.2) is 0 Å². The summed E-state index contributed by atoms with van der Waals surface area (Å²) in [5.74, 6) is 0. The fourth-order valence-electron chi connectivity index (χ4n) is 1.97. The normalized spacial score (nSPS) is 17.8. The summed E-state index contributed by atoms with van der Waals surface area (Å²) in [7, 11) is 0. The molecule has 1 aliphatic rings. The number of unbranched alkanes of at least 4 members (excludes halogenated alkanes) is 2. The standard InChI is InChI=1S/C11H20N4O/c1(3-5-15-10-12-13-11-15)2-4-14-6-8-16-9-7-14/h10-11H,1-9H2. The van der Waals surface area contributed by atoms with E-state index < -0.39 is 0 Å². The average Bonchev–Trinajstić information content (AvgIpc) is 2.83. The summed E-state index contributed by atoms with van der Waals surface area (Å²) in [6, 6.07) is 0. The summed E-state index contributed by atoms with van der Waals surface area (Å²) in [5, 5.41) is 7.57. The molecule has 2 heterocycles. The van der Waals surface area contributed by atoms with Crippen molar-refractivity contribution in [3.05, 3.63) is 12.7 Å². The number of hydrogen-bond acceptors (Lipinski definition) is 4. The summed E-state index contributed by atoms with van der Waals surface area (Å²) in [6.07, 6.45) is 7.32. The Morgan fingerprint density at radius 1 is 0.938 bits per heavy atom. The number of rotatable bonds is 6. The molecule has 1 saturated heterocycles. The van der Waals surface area contributed by atoms with Crippen molar-refractivity contribution in [2.45, 2.75) is 25.8 Å². The molecule has 0 aromatic carbocycles. The van der Waals surface area contributed by atoms with Crippen molar-refractivity contribution in [1.82, 2.24) is 19.7 Å². The van der Waals surface area contributed by atoms with Crippen molar-refractivity contribution in [2.75, 3.05) is 32.8 Å². The van der Waals surface area contributed by atoms with Crippen LogP contribution >= 0.6 is 0 Å². The van der Waals surface area contributed by atoms with Gasteiger partial charge in [-0.2, -0.15) is 0 Å². The van der Waals surface area contributed by atoms with Gasteiger partial charge < -0.3 is 9.30 Å². The van der Waals surface area contributed by atoms with Gasteiger partial charge in [0.2, 0.25) is 0 Å². The molecule has 0 aliphatic carbocycles. The molecule has 0 N–H and O–H groups in total. The highest BCUT2D eigenvalue weighted by atomic mass is 16.5. The Labute approximate surface area is 96.4 Å². The van der Waals surface area contributed by atoms with Crippen LogP contribution in [0.4, 0.5) is 0 Å². The summed E-state index contributed by atoms with van der Waals surface area (Å²) in [6.45, 7) is 6.26. The number of ether oxygens (including phenoxy) is 1. The zero-order valence-electron chi connectivity index (χ0n) is 9.72. The van der Waals surface area contributed by atoms with E-state index in [9.17, 15) is 0 Å². The predicted octanol–water partition coefficient (Wildman–Crippen LogP) is 0.781. The largest absolute Gasteiger partial charge is 0.379 e. The van der Waals surface area contributed by atoms with Gasteiger partial charge in [0.05, 0.1) is 13.2 Å². The molecule has 0 amide bonds. The van der Waals surface area contributed by atoms with Crippen LogP contribution in [-0.2, 0) is 11.3 Å². The predicted molar refractivity (Wildman–Crippen MR) is 61.1 cm³/mol. The van der Waals surface area contributed by atoms with Gasteiger partial charge in [-0.05, 0) is 19.4 Å². The lowest BCUT2D eigenvalue weighted by molar-refractivity contribution is 0.0371. The van der Waals surface area contributed by atoms with E-state index in [-0.39, 0.29) is 0 Å². The zero-order valence-corrected chi connectivity index (χ0v) is 9.72. The number of aryl methyl sites for hydroxylation is 1. The number of nitrogens with zero attached hydrogens (tertiary/aromatic N) is 4. The maximum Gasteiger partial charge on any atom is 0.119 e. The monoisotopic (exact) mass is 224 g/mol. The van der Waals surface area contributed by atoms with Gasteiger partial charge in [-0.1, -0.05) is 6.42 Å². The van der Waals surface area contributed by atoms with E-state index in [1.165, 1.54) is 25.8 Å². The second kappa shape index (κ2) is 6.60. The molecule has 90 valence electrons. The molecule has 16 heavy (non-hydrogen) atoms. The minimum atomic E-state index is 0.903. The highest BCUT2D eigenvalue weighted by Crippen LogP contribution is 2.03. The van der Waals surface area contributed by atoms with Gasteiger partial charge in [-0.3, -0.25) is 4.90 Å². The van der Waals surface area contributed by atoms with Crippen LogP contribution in [0.1, 0.15) is 19.3 Å². The first-order valence-electron chi connectivity index (χ1n) is 6.08. The fraction of sp³-hybridized carbons (Fsp3) is 0.818. The highest BCUT2D eigenvalue weighted by Gasteiger charge is 2.08. The molecule has 5 nitrogen and oxygen atoms in total. The first-order chi connectivity index (χ1) is 7.95. The van der Waals surface area contributed by atoms with Crippen molar-refractivity contribution < 1.29 is 4.74 Å². The van der Waals surface area contributed by atoms with Crippen LogP contribution in [0.2, 0.25) is 0 Å². The van der Waals surface area contributed by atoms with Gasteiger partial charge in [-0.15, -0.1) is 10.2 Å². The molecule has 0 bridgehead atoms. The Morgan fingerprint density at radius 3 is 2.38 bits per heavy atom. The Kier molecular flexibility index (Phi) is 4.76. The number of aromatic nitrogens is 3. The minimum Gasteiger partial charge on any atom is -0.379 e. The van der Waals surface area contributed by atoms with Crippen molar-refractivity contribution in [1.29, 1.82) is 0 Å². The third-order valence-electron chi connectivity index (χ3n) is 2.96. The lowest BCUT2D eigenvalue weighted by Crippen LogP contribution is -2.36. The zero-order chi connectivity index (χ0) is 11.1. The molecular formula is C11H20N4O. The molecule has 0 radical (unpaired) electrons. The van der Waals surface area contributed by atoms with Gasteiger partial charge in [-0.25, -0.2) is 0 Å². The Morgan fingerprint density at radius 2 is 1.62 bits per heavy atom. The Hall–Kier alpha value is -0.940. The Balaban J connectivity index is 1.48. The van der Waals surface area contributed by atoms with E-state index in [1.807, 2.05) is 4.57 Å². The van der Waals surface area contributed by atoms with Gasteiger partial charge in [0, 0.05) is 19.6 Å². The topological polar surface area (TPSA) is 43.2 Å². The molecule has 0 saturated carbocycles. The van der Waals surface area contributed by atoms with Crippen molar-refractivity contribution in [3.63, 3.8) is 0 Å². The van der Waals surface area contributed by atoms with E-state index >= 15 is 0 Å². The third kappa shape index (κ3) is 3.90. The van der Waals surface area contributed by atoms with Gasteiger partial charge >= 0.3 is 0 Å². The molecule has 1 fully saturated rings. The quantitative estimate of drug-likeness (QED) is 0.670. The van der Waals surface area contributed by atoms with E-state index in [4.69, 9.17) is 4.74 Å². The first-order valence-corrected chi connectivity index (χ1v) is 6.08. The third-order valence-corrected chi connectivity index (χ3v) is 2.96. The van der Waals surface area contributed by atoms with Crippen LogP contribution in [0.3, 0.4) is 0 Å². The van der Waals surface area contributed by atoms with Crippen LogP contribution in [-0.4, -0.2) is 52.5 Å². The van der Waals surface area contributed by atoms with E-state index in [2.05, 4.69) is 15.1 Å². The lowest BCUT2D eigenvalue weighted by Gasteiger charge is -2.26. The van der Waals surface area contributed by atoms with E-state index in [0.717, 1.165) is 32.8 Å². The van der Waals surface area contributed by atoms with Crippen LogP contribution in [0.15, 0.2) is 12.7 Å². The fourth-order valence-corrected chi connectivity index (χ4v) is 1.97. The maximum absolute atomic E-state index is 5.32. The Bertz CT molecular complexity index is 270. The maximum atomic E-state index is 5.32. The smallest absolute Gasteiger partial charge is 0.119 e. The van der Waals surface area contributed by atoms with Crippen LogP contribution in [0.5, 0.6) is 0 Å². The van der Waals surface area contributed by atoms with Crippen molar-refractivity contribution in [2.24, 2.45) is 0 Å². The molecule has 1 aromatic heterocycles. The summed E-state index contributed by atoms with van der Waals surface area (Å²) >= 11 is 0. The molecule has 0 spiro atoms. The second-order valence-corrected chi connectivity index (χ2v) is 4.21. The number of morpholine rings is 1.